The summed E-state index contributed by atoms with van der Waals surface area (Å²) < 4.78 is 4.84. The first kappa shape index (κ1) is 27.8. The molecule has 0 aliphatic heterocycles. The van der Waals surface area contributed by atoms with Crippen LogP contribution in [0.5, 0.6) is 0 Å². The molecule has 4 heteroatoms. The highest BCUT2D eigenvalue weighted by atomic mass is 32.1. The molecule has 0 N–H and O–H groups in total. The molecule has 7 aromatic rings. The van der Waals surface area contributed by atoms with Crippen LogP contribution in [0.25, 0.3) is 64.4 Å². The van der Waals surface area contributed by atoms with E-state index in [1.54, 1.807) is 0 Å². The van der Waals surface area contributed by atoms with Crippen LogP contribution in [0.15, 0.2) is 121 Å². The molecule has 0 amide bonds. The fourth-order valence-corrected chi connectivity index (χ4v) is 8.91. The molecule has 0 bridgehead atoms. The largest absolute Gasteiger partial charge is 0.309 e. The number of allylic oxidation sites excluding steroid dienone is 5. The van der Waals surface area contributed by atoms with E-state index in [9.17, 15) is 10.5 Å². The molecule has 1 aliphatic carbocycles. The Bertz CT molecular complexity index is 2610. The van der Waals surface area contributed by atoms with Crippen LogP contribution in [0.2, 0.25) is 0 Å². The van der Waals surface area contributed by atoms with E-state index in [2.05, 4.69) is 98.7 Å². The predicted octanol–water partition coefficient (Wildman–Crippen LogP) is 11.4. The van der Waals surface area contributed by atoms with Crippen LogP contribution in [0, 0.1) is 22.7 Å². The number of nitriles is 2. The Morgan fingerprint density at radius 1 is 0.761 bits per heavy atom. The Kier molecular flexibility index (Phi) is 6.16. The van der Waals surface area contributed by atoms with Crippen molar-refractivity contribution in [2.24, 2.45) is 0 Å². The molecule has 2 aromatic heterocycles. The molecular formula is C42H29N3S. The lowest BCUT2D eigenvalue weighted by Gasteiger charge is -2.23. The summed E-state index contributed by atoms with van der Waals surface area (Å²) in [6.45, 7) is 10.8. The Labute approximate surface area is 271 Å². The van der Waals surface area contributed by atoms with E-state index in [0.717, 1.165) is 38.6 Å². The number of hydrogen-bond acceptors (Lipinski definition) is 3. The summed E-state index contributed by atoms with van der Waals surface area (Å²) in [5.74, 6) is 0. The summed E-state index contributed by atoms with van der Waals surface area (Å²) in [7, 11) is 0. The van der Waals surface area contributed by atoms with Crippen LogP contribution >= 0.6 is 11.3 Å². The molecular weight excluding hydrogens is 579 g/mol. The molecule has 0 fully saturated rings. The van der Waals surface area contributed by atoms with Gasteiger partial charge in [0.25, 0.3) is 0 Å². The van der Waals surface area contributed by atoms with Crippen molar-refractivity contribution in [3.05, 3.63) is 144 Å². The van der Waals surface area contributed by atoms with Crippen LogP contribution in [0.3, 0.4) is 0 Å². The van der Waals surface area contributed by atoms with Gasteiger partial charge in [-0.05, 0) is 89.4 Å². The average molecular weight is 608 g/mol. The number of para-hydroxylation sites is 1. The Hall–Kier alpha value is -5.68. The van der Waals surface area contributed by atoms with Gasteiger partial charge in [0.1, 0.15) is 0 Å². The number of rotatable bonds is 4. The average Bonchev–Trinajstić information content (AvgIpc) is 3.68. The SMILES string of the molecule is C=C/C=C\C1=C(C)c2ccc3c(sc4ccc(-c5cc(C#N)ccc5-n5c6ccccc6c6cc(C#N)ccc65)cc43)c2C1(C)C. The highest BCUT2D eigenvalue weighted by Crippen LogP contribution is 2.52. The topological polar surface area (TPSA) is 52.5 Å². The van der Waals surface area contributed by atoms with Gasteiger partial charge < -0.3 is 4.57 Å². The minimum Gasteiger partial charge on any atom is -0.309 e. The molecule has 1 aliphatic rings. The molecule has 218 valence electrons. The van der Waals surface area contributed by atoms with E-state index in [1.807, 2.05) is 66.0 Å². The first-order valence-corrected chi connectivity index (χ1v) is 16.2. The fraction of sp³-hybridized carbons (Fsp3) is 0.0952. The van der Waals surface area contributed by atoms with Crippen molar-refractivity contribution < 1.29 is 0 Å². The molecule has 3 nitrogen and oxygen atoms in total. The number of nitrogens with zero attached hydrogens (tertiary/aromatic N) is 3. The second-order valence-corrected chi connectivity index (χ2v) is 13.5. The van der Waals surface area contributed by atoms with Gasteiger partial charge in [0.2, 0.25) is 0 Å². The van der Waals surface area contributed by atoms with E-state index in [-0.39, 0.29) is 5.41 Å². The summed E-state index contributed by atoms with van der Waals surface area (Å²) in [5.41, 5.74) is 11.6. The molecule has 0 spiro atoms. The molecule has 0 radical (unpaired) electrons. The van der Waals surface area contributed by atoms with Gasteiger partial charge in [-0.2, -0.15) is 10.5 Å². The maximum Gasteiger partial charge on any atom is 0.0991 e. The van der Waals surface area contributed by atoms with Gasteiger partial charge in [0.05, 0.1) is 40.0 Å². The zero-order valence-electron chi connectivity index (χ0n) is 25.8. The highest BCUT2D eigenvalue weighted by Gasteiger charge is 2.37. The molecule has 0 saturated heterocycles. The van der Waals surface area contributed by atoms with Gasteiger partial charge in [-0.1, -0.05) is 75.1 Å². The van der Waals surface area contributed by atoms with Crippen LogP contribution < -0.4 is 0 Å². The molecule has 46 heavy (non-hydrogen) atoms. The van der Waals surface area contributed by atoms with Gasteiger partial charge in [-0.15, -0.1) is 11.3 Å². The van der Waals surface area contributed by atoms with Crippen molar-refractivity contribution >= 4 is 58.9 Å². The van der Waals surface area contributed by atoms with Crippen molar-refractivity contribution in [1.82, 2.24) is 4.57 Å². The number of fused-ring (bicyclic) bond motifs is 8. The molecule has 0 unspecified atom stereocenters. The molecule has 0 atom stereocenters. The number of benzene rings is 5. The smallest absolute Gasteiger partial charge is 0.0991 e. The van der Waals surface area contributed by atoms with Crippen LogP contribution in [-0.4, -0.2) is 4.57 Å². The molecule has 0 saturated carbocycles. The van der Waals surface area contributed by atoms with Crippen molar-refractivity contribution in [3.8, 4) is 29.0 Å². The van der Waals surface area contributed by atoms with Gasteiger partial charge in [0, 0.05) is 41.9 Å². The minimum absolute atomic E-state index is 0.127. The molecule has 5 aromatic carbocycles. The van der Waals surface area contributed by atoms with Gasteiger partial charge in [-0.3, -0.25) is 0 Å². The lowest BCUT2D eigenvalue weighted by atomic mass is 9.80. The second-order valence-electron chi connectivity index (χ2n) is 12.5. The maximum atomic E-state index is 9.95. The number of thiophene rings is 1. The van der Waals surface area contributed by atoms with E-state index in [1.165, 1.54) is 42.4 Å². The normalized spacial score (nSPS) is 14.0. The highest BCUT2D eigenvalue weighted by molar-refractivity contribution is 7.26. The monoisotopic (exact) mass is 607 g/mol. The van der Waals surface area contributed by atoms with Crippen molar-refractivity contribution in [1.29, 1.82) is 10.5 Å². The van der Waals surface area contributed by atoms with Crippen molar-refractivity contribution in [2.45, 2.75) is 26.2 Å². The standard InChI is InChI=1S/C42H29N3S/c1-5-6-10-35-25(2)29-15-16-31-34-22-28(14-19-39(34)46-41(31)40(29)42(35,3)4)32-20-26(23-43)12-17-37(32)45-36-11-8-7-9-30(36)33-21-27(24-44)13-18-38(33)45/h5-22H,1H2,2-4H3/b10-6-. The summed E-state index contributed by atoms with van der Waals surface area (Å²) in [6.07, 6.45) is 6.08. The maximum absolute atomic E-state index is 9.95. The molecule has 2 heterocycles. The Morgan fingerprint density at radius 3 is 2.33 bits per heavy atom. The summed E-state index contributed by atoms with van der Waals surface area (Å²) in [6, 6.07) is 36.1. The van der Waals surface area contributed by atoms with Crippen LogP contribution in [0.1, 0.15) is 43.0 Å². The van der Waals surface area contributed by atoms with Gasteiger partial charge in [-0.25, -0.2) is 0 Å². The van der Waals surface area contributed by atoms with Crippen molar-refractivity contribution in [3.63, 3.8) is 0 Å². The van der Waals surface area contributed by atoms with Gasteiger partial charge >= 0.3 is 0 Å². The number of aromatic nitrogens is 1. The van der Waals surface area contributed by atoms with E-state index in [0.29, 0.717) is 11.1 Å². The Morgan fingerprint density at radius 2 is 1.52 bits per heavy atom. The summed E-state index contributed by atoms with van der Waals surface area (Å²) >= 11 is 1.86. The Balaban J connectivity index is 1.37. The van der Waals surface area contributed by atoms with Crippen LogP contribution in [0.4, 0.5) is 0 Å². The van der Waals surface area contributed by atoms with E-state index in [4.69, 9.17) is 0 Å². The predicted molar refractivity (Wildman–Crippen MR) is 193 cm³/mol. The first-order valence-electron chi connectivity index (χ1n) is 15.3. The molecule has 8 rings (SSSR count). The van der Waals surface area contributed by atoms with Crippen LogP contribution in [-0.2, 0) is 5.41 Å². The summed E-state index contributed by atoms with van der Waals surface area (Å²) in [4.78, 5) is 0. The zero-order chi connectivity index (χ0) is 31.7. The summed E-state index contributed by atoms with van der Waals surface area (Å²) in [5, 5.41) is 24.2. The lowest BCUT2D eigenvalue weighted by Crippen LogP contribution is -2.16. The minimum atomic E-state index is -0.127. The van der Waals surface area contributed by atoms with Crippen molar-refractivity contribution in [2.75, 3.05) is 0 Å². The fourth-order valence-electron chi connectivity index (χ4n) is 7.52. The quantitative estimate of drug-likeness (QED) is 0.187. The van der Waals surface area contributed by atoms with E-state index >= 15 is 0 Å². The third-order valence-corrected chi connectivity index (χ3v) is 10.8. The second kappa shape index (κ2) is 10.2. The zero-order valence-corrected chi connectivity index (χ0v) is 26.7. The lowest BCUT2D eigenvalue weighted by molar-refractivity contribution is 0.661. The third-order valence-electron chi connectivity index (χ3n) is 9.62. The third kappa shape index (κ3) is 3.88. The van der Waals surface area contributed by atoms with E-state index < -0.39 is 0 Å². The number of hydrogen-bond donors (Lipinski definition) is 0. The van der Waals surface area contributed by atoms with Gasteiger partial charge in [0.15, 0.2) is 0 Å². The first-order chi connectivity index (χ1) is 22.3.